The third kappa shape index (κ3) is 11.3. The van der Waals surface area contributed by atoms with E-state index in [4.69, 9.17) is 18.7 Å². The Morgan fingerprint density at radius 2 is 1.27 bits per heavy atom. The van der Waals surface area contributed by atoms with Crippen molar-refractivity contribution in [3.05, 3.63) is 78.4 Å². The van der Waals surface area contributed by atoms with Crippen LogP contribution in [0.3, 0.4) is 0 Å². The van der Waals surface area contributed by atoms with E-state index in [0.717, 1.165) is 42.9 Å². The zero-order valence-corrected chi connectivity index (χ0v) is 29.0. The number of benzene rings is 3. The summed E-state index contributed by atoms with van der Waals surface area (Å²) in [4.78, 5) is 29.7. The molecule has 1 aromatic heterocycles. The predicted octanol–water partition coefficient (Wildman–Crippen LogP) is 10.7. The van der Waals surface area contributed by atoms with E-state index >= 15 is 0 Å². The molecule has 0 saturated heterocycles. The van der Waals surface area contributed by atoms with Gasteiger partial charge in [-0.05, 0) is 97.5 Å². The summed E-state index contributed by atoms with van der Waals surface area (Å²) >= 11 is 0. The highest BCUT2D eigenvalue weighted by Gasteiger charge is 2.22. The van der Waals surface area contributed by atoms with Crippen LogP contribution in [0.4, 0.5) is 0 Å². The maximum atomic E-state index is 12.6. The normalized spacial score (nSPS) is 15.9. The molecule has 1 heterocycles. The van der Waals surface area contributed by atoms with Crippen LogP contribution in [0.1, 0.15) is 114 Å². The van der Waals surface area contributed by atoms with Gasteiger partial charge < -0.3 is 18.7 Å². The van der Waals surface area contributed by atoms with E-state index in [1.807, 2.05) is 12.1 Å². The van der Waals surface area contributed by atoms with Gasteiger partial charge >= 0.3 is 11.9 Å². The molecule has 0 N–H and O–H groups in total. The molecular weight excluding hydrogens is 616 g/mol. The molecule has 4 aromatic rings. The molecule has 8 nitrogen and oxygen atoms in total. The fourth-order valence-electron chi connectivity index (χ4n) is 6.36. The fourth-order valence-corrected chi connectivity index (χ4v) is 6.36. The molecule has 0 atom stereocenters. The minimum atomic E-state index is -0.454. The smallest absolute Gasteiger partial charge is 0.343 e. The first-order valence-electron chi connectivity index (χ1n) is 18.2. The first-order valence-corrected chi connectivity index (χ1v) is 18.2. The maximum absolute atomic E-state index is 12.6. The number of aromatic nitrogens is 2. The quantitative estimate of drug-likeness (QED) is 0.0587. The van der Waals surface area contributed by atoms with Crippen molar-refractivity contribution in [1.29, 1.82) is 0 Å². The summed E-state index contributed by atoms with van der Waals surface area (Å²) < 4.78 is 22.4. The van der Waals surface area contributed by atoms with E-state index in [2.05, 4.69) is 24.0 Å². The molecule has 1 fully saturated rings. The molecule has 5 rings (SSSR count). The van der Waals surface area contributed by atoms with Crippen LogP contribution >= 0.6 is 0 Å². The molecule has 0 unspecified atom stereocenters. The van der Waals surface area contributed by atoms with E-state index in [0.29, 0.717) is 53.3 Å². The zero-order chi connectivity index (χ0) is 34.3. The van der Waals surface area contributed by atoms with Crippen LogP contribution in [0, 0.1) is 11.8 Å². The van der Waals surface area contributed by atoms with Crippen LogP contribution in [0.5, 0.6) is 17.2 Å². The van der Waals surface area contributed by atoms with Gasteiger partial charge in [-0.1, -0.05) is 89.6 Å². The molecular formula is C41H50N2O6. The van der Waals surface area contributed by atoms with Gasteiger partial charge in [0.1, 0.15) is 17.2 Å². The van der Waals surface area contributed by atoms with Crippen molar-refractivity contribution in [2.45, 2.75) is 104 Å². The minimum Gasteiger partial charge on any atom is -0.494 e. The van der Waals surface area contributed by atoms with Crippen LogP contribution in [-0.2, 0) is 4.79 Å². The molecule has 1 aliphatic rings. The zero-order valence-electron chi connectivity index (χ0n) is 29.0. The van der Waals surface area contributed by atoms with Crippen molar-refractivity contribution < 1.29 is 28.3 Å². The SMILES string of the molecule is CCCCCCC1CCC(CCC(=O)Oc2ccc(-c3noc(-c4ccc(OC(=O)c5ccc(OCCCCC)cc5)cc4)n3)cc2)CC1. The number of carbonyl (C=O) groups is 2. The van der Waals surface area contributed by atoms with Gasteiger partial charge in [0.25, 0.3) is 5.89 Å². The van der Waals surface area contributed by atoms with Crippen LogP contribution in [-0.4, -0.2) is 28.7 Å². The van der Waals surface area contributed by atoms with Crippen molar-refractivity contribution in [2.75, 3.05) is 6.61 Å². The number of unbranched alkanes of at least 4 members (excludes halogenated alkanes) is 5. The third-order valence-electron chi connectivity index (χ3n) is 9.38. The largest absolute Gasteiger partial charge is 0.494 e. The monoisotopic (exact) mass is 666 g/mol. The standard InChI is InChI=1S/C41H50N2O6/c1-3-5-7-8-10-30-11-13-31(14-12-30)15-28-38(44)47-36-24-16-32(17-25-36)39-42-40(49-43-39)33-18-26-37(27-19-33)48-41(45)34-20-22-35(23-21-34)46-29-9-6-4-2/h16-27,30-31H,3-15,28-29H2,1-2H3. The van der Waals surface area contributed by atoms with Crippen molar-refractivity contribution in [1.82, 2.24) is 10.1 Å². The minimum absolute atomic E-state index is 0.189. The lowest BCUT2D eigenvalue weighted by Crippen LogP contribution is -2.17. The summed E-state index contributed by atoms with van der Waals surface area (Å²) in [5.41, 5.74) is 1.87. The fraction of sp³-hybridized carbons (Fsp3) is 0.463. The Hall–Kier alpha value is -4.46. The Kier molecular flexibility index (Phi) is 13.8. The van der Waals surface area contributed by atoms with Gasteiger partial charge in [-0.25, -0.2) is 4.79 Å². The number of hydrogen-bond donors (Lipinski definition) is 0. The van der Waals surface area contributed by atoms with Crippen LogP contribution in [0.2, 0.25) is 0 Å². The highest BCUT2D eigenvalue weighted by molar-refractivity contribution is 5.91. The number of rotatable bonds is 18. The molecule has 0 radical (unpaired) electrons. The maximum Gasteiger partial charge on any atom is 0.343 e. The van der Waals surface area contributed by atoms with Crippen molar-refractivity contribution in [3.8, 4) is 40.1 Å². The van der Waals surface area contributed by atoms with Gasteiger partial charge in [-0.3, -0.25) is 4.79 Å². The molecule has 1 aliphatic carbocycles. The van der Waals surface area contributed by atoms with Crippen molar-refractivity contribution in [2.24, 2.45) is 11.8 Å². The Labute approximate surface area is 290 Å². The van der Waals surface area contributed by atoms with E-state index < -0.39 is 5.97 Å². The molecule has 8 heteroatoms. The van der Waals surface area contributed by atoms with Crippen LogP contribution in [0.15, 0.2) is 77.3 Å². The van der Waals surface area contributed by atoms with Crippen LogP contribution in [0.25, 0.3) is 22.8 Å². The second kappa shape index (κ2) is 18.9. The van der Waals surface area contributed by atoms with Gasteiger partial charge in [-0.15, -0.1) is 0 Å². The first-order chi connectivity index (χ1) is 24.0. The highest BCUT2D eigenvalue weighted by atomic mass is 16.5. The number of esters is 2. The summed E-state index contributed by atoms with van der Waals surface area (Å²) in [5.74, 6) is 3.26. The Balaban J connectivity index is 1.04. The number of ether oxygens (including phenoxy) is 3. The average molecular weight is 667 g/mol. The molecule has 0 aliphatic heterocycles. The van der Waals surface area contributed by atoms with Gasteiger partial charge in [0.15, 0.2) is 0 Å². The second-order valence-electron chi connectivity index (χ2n) is 13.2. The van der Waals surface area contributed by atoms with E-state index in [1.54, 1.807) is 60.7 Å². The van der Waals surface area contributed by atoms with E-state index in [1.165, 1.54) is 57.8 Å². The molecule has 1 saturated carbocycles. The molecule has 49 heavy (non-hydrogen) atoms. The average Bonchev–Trinajstić information content (AvgIpc) is 3.63. The molecule has 260 valence electrons. The first kappa shape index (κ1) is 35.8. The third-order valence-corrected chi connectivity index (χ3v) is 9.38. The van der Waals surface area contributed by atoms with Crippen LogP contribution < -0.4 is 14.2 Å². The second-order valence-corrected chi connectivity index (χ2v) is 13.2. The molecule has 0 spiro atoms. The van der Waals surface area contributed by atoms with Crippen molar-refractivity contribution >= 4 is 11.9 Å². The Morgan fingerprint density at radius 3 is 1.94 bits per heavy atom. The molecule has 3 aromatic carbocycles. The highest BCUT2D eigenvalue weighted by Crippen LogP contribution is 2.34. The van der Waals surface area contributed by atoms with E-state index in [9.17, 15) is 9.59 Å². The molecule has 0 amide bonds. The lowest BCUT2D eigenvalue weighted by molar-refractivity contribution is -0.134. The van der Waals surface area contributed by atoms with Gasteiger partial charge in [0, 0.05) is 17.5 Å². The lowest BCUT2D eigenvalue weighted by atomic mass is 9.78. The van der Waals surface area contributed by atoms with Gasteiger partial charge in [-0.2, -0.15) is 4.98 Å². The van der Waals surface area contributed by atoms with E-state index in [-0.39, 0.29) is 5.97 Å². The number of nitrogens with zero attached hydrogens (tertiary/aromatic N) is 2. The summed E-state index contributed by atoms with van der Waals surface area (Å²) in [5, 5.41) is 4.12. The molecule has 0 bridgehead atoms. The van der Waals surface area contributed by atoms with Gasteiger partial charge in [0.2, 0.25) is 5.82 Å². The summed E-state index contributed by atoms with van der Waals surface area (Å²) in [6.45, 7) is 5.07. The summed E-state index contributed by atoms with van der Waals surface area (Å²) in [6, 6.07) is 21.0. The van der Waals surface area contributed by atoms with Crippen molar-refractivity contribution in [3.63, 3.8) is 0 Å². The lowest BCUT2D eigenvalue weighted by Gasteiger charge is -2.28. The topological polar surface area (TPSA) is 101 Å². The number of hydrogen-bond acceptors (Lipinski definition) is 8. The summed E-state index contributed by atoms with van der Waals surface area (Å²) in [7, 11) is 0. The Bertz CT molecular complexity index is 1570. The van der Waals surface area contributed by atoms with Gasteiger partial charge in [0.05, 0.1) is 12.2 Å². The summed E-state index contributed by atoms with van der Waals surface area (Å²) in [6.07, 6.45) is 16.4. The number of carbonyl (C=O) groups excluding carboxylic acids is 2. The predicted molar refractivity (Wildman–Crippen MR) is 191 cm³/mol. The Morgan fingerprint density at radius 1 is 0.673 bits per heavy atom.